The lowest BCUT2D eigenvalue weighted by Crippen LogP contribution is -2.27. The first-order chi connectivity index (χ1) is 9.15. The number of nitrogens with one attached hydrogen (secondary N) is 1. The number of rotatable bonds is 4. The number of hydrogen-bond acceptors (Lipinski definition) is 2. The van der Waals surface area contributed by atoms with Gasteiger partial charge in [0.2, 0.25) is 0 Å². The zero-order valence-electron chi connectivity index (χ0n) is 11.4. The fourth-order valence-electron chi connectivity index (χ4n) is 2.82. The van der Waals surface area contributed by atoms with E-state index in [0.717, 1.165) is 24.8 Å². The lowest BCUT2D eigenvalue weighted by Gasteiger charge is -2.26. The number of hydrogen-bond donors (Lipinski definition) is 1. The standard InChI is InChI=1S/C15H21ClN2O/c1-11-3-2-4-12(9-11)7-8-17-15(19)13-5-6-14(16)18-10-13/h5-6,10-12H,2-4,7-9H2,1H3,(H,17,19). The van der Waals surface area contributed by atoms with Crippen LogP contribution in [0, 0.1) is 11.8 Å². The van der Waals surface area contributed by atoms with Crippen molar-refractivity contribution in [3.8, 4) is 0 Å². The SMILES string of the molecule is CC1CCCC(CCNC(=O)c2ccc(Cl)nc2)C1. The number of carbonyl (C=O) groups excluding carboxylic acids is 1. The second kappa shape index (κ2) is 6.90. The molecule has 1 aliphatic carbocycles. The molecule has 1 fully saturated rings. The molecule has 1 aromatic heterocycles. The molecule has 1 aliphatic rings. The third-order valence-corrected chi connectivity index (χ3v) is 4.10. The van der Waals surface area contributed by atoms with Crippen molar-refractivity contribution in [2.45, 2.75) is 39.0 Å². The fourth-order valence-corrected chi connectivity index (χ4v) is 2.94. The van der Waals surface area contributed by atoms with Crippen molar-refractivity contribution in [1.82, 2.24) is 10.3 Å². The van der Waals surface area contributed by atoms with Gasteiger partial charge >= 0.3 is 0 Å². The van der Waals surface area contributed by atoms with E-state index in [-0.39, 0.29) is 5.91 Å². The maximum atomic E-state index is 11.9. The number of halogens is 1. The predicted molar refractivity (Wildman–Crippen MR) is 77.3 cm³/mol. The first kappa shape index (κ1) is 14.3. The minimum absolute atomic E-state index is 0.0620. The number of amides is 1. The molecule has 1 amide bonds. The zero-order valence-corrected chi connectivity index (χ0v) is 12.1. The molecule has 19 heavy (non-hydrogen) atoms. The summed E-state index contributed by atoms with van der Waals surface area (Å²) in [5.74, 6) is 1.55. The molecule has 2 atom stereocenters. The van der Waals surface area contributed by atoms with Gasteiger partial charge in [-0.15, -0.1) is 0 Å². The molecule has 1 heterocycles. The smallest absolute Gasteiger partial charge is 0.252 e. The highest BCUT2D eigenvalue weighted by molar-refractivity contribution is 6.29. The van der Waals surface area contributed by atoms with Crippen LogP contribution in [-0.2, 0) is 0 Å². The quantitative estimate of drug-likeness (QED) is 0.855. The van der Waals surface area contributed by atoms with Crippen LogP contribution in [-0.4, -0.2) is 17.4 Å². The Labute approximate surface area is 119 Å². The predicted octanol–water partition coefficient (Wildman–Crippen LogP) is 3.68. The van der Waals surface area contributed by atoms with Gasteiger partial charge in [0.15, 0.2) is 0 Å². The van der Waals surface area contributed by atoms with Gasteiger partial charge in [-0.25, -0.2) is 4.98 Å². The van der Waals surface area contributed by atoms with Crippen molar-refractivity contribution in [3.63, 3.8) is 0 Å². The molecule has 1 saturated carbocycles. The number of aromatic nitrogens is 1. The van der Waals surface area contributed by atoms with Crippen molar-refractivity contribution in [3.05, 3.63) is 29.0 Å². The second-order valence-corrected chi connectivity index (χ2v) is 5.94. The van der Waals surface area contributed by atoms with Crippen molar-refractivity contribution in [2.75, 3.05) is 6.54 Å². The number of nitrogens with zero attached hydrogens (tertiary/aromatic N) is 1. The maximum absolute atomic E-state index is 11.9. The summed E-state index contributed by atoms with van der Waals surface area (Å²) in [5.41, 5.74) is 0.571. The van der Waals surface area contributed by atoms with Crippen molar-refractivity contribution < 1.29 is 4.79 Å². The Bertz CT molecular complexity index is 419. The average molecular weight is 281 g/mol. The summed E-state index contributed by atoms with van der Waals surface area (Å²) in [6.45, 7) is 3.07. The summed E-state index contributed by atoms with van der Waals surface area (Å²) < 4.78 is 0. The first-order valence-electron chi connectivity index (χ1n) is 7.05. The summed E-state index contributed by atoms with van der Waals surface area (Å²) >= 11 is 5.69. The van der Waals surface area contributed by atoms with Crippen LogP contribution in [0.4, 0.5) is 0 Å². The van der Waals surface area contributed by atoms with Crippen LogP contribution in [0.3, 0.4) is 0 Å². The van der Waals surface area contributed by atoms with Gasteiger partial charge in [0, 0.05) is 12.7 Å². The zero-order chi connectivity index (χ0) is 13.7. The van der Waals surface area contributed by atoms with Crippen LogP contribution >= 0.6 is 11.6 Å². The highest BCUT2D eigenvalue weighted by Gasteiger charge is 2.18. The van der Waals surface area contributed by atoms with E-state index in [1.54, 1.807) is 12.1 Å². The molecule has 0 aliphatic heterocycles. The van der Waals surface area contributed by atoms with Gasteiger partial charge in [-0.1, -0.05) is 37.8 Å². The average Bonchev–Trinajstić information content (AvgIpc) is 2.39. The topological polar surface area (TPSA) is 42.0 Å². The van der Waals surface area contributed by atoms with Gasteiger partial charge in [0.1, 0.15) is 5.15 Å². The Morgan fingerprint density at radius 1 is 1.47 bits per heavy atom. The Morgan fingerprint density at radius 2 is 2.32 bits per heavy atom. The molecule has 0 radical (unpaired) electrons. The molecule has 0 bridgehead atoms. The molecule has 3 nitrogen and oxygen atoms in total. The van der Waals surface area contributed by atoms with Gasteiger partial charge in [0.25, 0.3) is 5.91 Å². The Morgan fingerprint density at radius 3 is 3.00 bits per heavy atom. The number of pyridine rings is 1. The minimum atomic E-state index is -0.0620. The summed E-state index contributed by atoms with van der Waals surface area (Å²) in [5, 5.41) is 3.37. The molecule has 1 aromatic rings. The molecule has 1 N–H and O–H groups in total. The van der Waals surface area contributed by atoms with Gasteiger partial charge in [-0.2, -0.15) is 0 Å². The third-order valence-electron chi connectivity index (χ3n) is 3.87. The van der Waals surface area contributed by atoms with Crippen molar-refractivity contribution in [2.24, 2.45) is 11.8 Å². The summed E-state index contributed by atoms with van der Waals surface area (Å²) in [6, 6.07) is 3.34. The second-order valence-electron chi connectivity index (χ2n) is 5.55. The minimum Gasteiger partial charge on any atom is -0.352 e. The van der Waals surface area contributed by atoms with E-state index in [9.17, 15) is 4.79 Å². The molecule has 104 valence electrons. The van der Waals surface area contributed by atoms with Crippen LogP contribution in [0.25, 0.3) is 0 Å². The fraction of sp³-hybridized carbons (Fsp3) is 0.600. The van der Waals surface area contributed by atoms with E-state index in [2.05, 4.69) is 17.2 Å². The largest absolute Gasteiger partial charge is 0.352 e. The summed E-state index contributed by atoms with van der Waals surface area (Å²) in [4.78, 5) is 15.8. The molecule has 0 saturated heterocycles. The van der Waals surface area contributed by atoms with E-state index < -0.39 is 0 Å². The Kier molecular flexibility index (Phi) is 5.20. The molecule has 2 unspecified atom stereocenters. The molecule has 0 aromatic carbocycles. The van der Waals surface area contributed by atoms with E-state index in [1.807, 2.05) is 0 Å². The van der Waals surface area contributed by atoms with Gasteiger partial charge < -0.3 is 5.32 Å². The third kappa shape index (κ3) is 4.50. The highest BCUT2D eigenvalue weighted by Crippen LogP contribution is 2.30. The molecule has 4 heteroatoms. The number of carbonyl (C=O) groups is 1. The monoisotopic (exact) mass is 280 g/mol. The normalized spacial score (nSPS) is 23.1. The van der Waals surface area contributed by atoms with Crippen molar-refractivity contribution >= 4 is 17.5 Å². The molecular weight excluding hydrogens is 260 g/mol. The maximum Gasteiger partial charge on any atom is 0.252 e. The Hall–Kier alpha value is -1.09. The Balaban J connectivity index is 1.73. The lowest BCUT2D eigenvalue weighted by atomic mass is 9.81. The molecular formula is C15H21ClN2O. The van der Waals surface area contributed by atoms with E-state index in [0.29, 0.717) is 10.7 Å². The molecule has 0 spiro atoms. The van der Waals surface area contributed by atoms with Crippen LogP contribution in [0.2, 0.25) is 5.15 Å². The van der Waals surface area contributed by atoms with E-state index in [4.69, 9.17) is 11.6 Å². The summed E-state index contributed by atoms with van der Waals surface area (Å²) in [7, 11) is 0. The van der Waals surface area contributed by atoms with Crippen molar-refractivity contribution in [1.29, 1.82) is 0 Å². The summed E-state index contributed by atoms with van der Waals surface area (Å²) in [6.07, 6.45) is 7.90. The van der Waals surface area contributed by atoms with Crippen LogP contribution in [0.15, 0.2) is 18.3 Å². The van der Waals surface area contributed by atoms with Gasteiger partial charge in [0.05, 0.1) is 5.56 Å². The van der Waals surface area contributed by atoms with Crippen LogP contribution in [0.5, 0.6) is 0 Å². The lowest BCUT2D eigenvalue weighted by molar-refractivity contribution is 0.0949. The van der Waals surface area contributed by atoms with Gasteiger partial charge in [-0.3, -0.25) is 4.79 Å². The van der Waals surface area contributed by atoms with Crippen LogP contribution in [0.1, 0.15) is 49.4 Å². The van der Waals surface area contributed by atoms with E-state index >= 15 is 0 Å². The van der Waals surface area contributed by atoms with Gasteiger partial charge in [-0.05, 0) is 36.8 Å². The highest BCUT2D eigenvalue weighted by atomic mass is 35.5. The van der Waals surface area contributed by atoms with Crippen LogP contribution < -0.4 is 5.32 Å². The first-order valence-corrected chi connectivity index (χ1v) is 7.42. The molecule has 2 rings (SSSR count). The van der Waals surface area contributed by atoms with E-state index in [1.165, 1.54) is 31.9 Å².